The Morgan fingerprint density at radius 1 is 0.952 bits per heavy atom. The molecule has 8 nitrogen and oxygen atoms in total. The van der Waals surface area contributed by atoms with Gasteiger partial charge in [0.1, 0.15) is 0 Å². The topological polar surface area (TPSA) is 103 Å². The van der Waals surface area contributed by atoms with Gasteiger partial charge >= 0.3 is 6.03 Å². The zero-order chi connectivity index (χ0) is 28.8. The third-order valence-electron chi connectivity index (χ3n) is 10.7. The summed E-state index contributed by atoms with van der Waals surface area (Å²) in [6.45, 7) is 4.43. The normalized spacial score (nSPS) is 37.6. The van der Waals surface area contributed by atoms with Gasteiger partial charge in [-0.3, -0.25) is 4.90 Å². The third-order valence-corrected chi connectivity index (χ3v) is 10.7. The number of aliphatic hydroxyl groups excluding tert-OH is 2. The zero-order valence-corrected chi connectivity index (χ0v) is 24.6. The van der Waals surface area contributed by atoms with Crippen molar-refractivity contribution in [3.05, 3.63) is 65.2 Å². The fraction of sp³-hybridized carbons (Fsp3) is 0.618. The van der Waals surface area contributed by atoms with Gasteiger partial charge in [0.2, 0.25) is 0 Å². The zero-order valence-electron chi connectivity index (χ0n) is 24.6. The molecule has 4 aliphatic carbocycles. The van der Waals surface area contributed by atoms with Crippen LogP contribution in [0.3, 0.4) is 0 Å². The Labute approximate surface area is 248 Å². The highest BCUT2D eigenvalue weighted by Crippen LogP contribution is 2.55. The van der Waals surface area contributed by atoms with E-state index in [0.29, 0.717) is 6.54 Å². The molecule has 2 aliphatic heterocycles. The van der Waals surface area contributed by atoms with Crippen molar-refractivity contribution in [2.24, 2.45) is 23.7 Å². The molecule has 0 aromatic heterocycles. The molecule has 0 spiro atoms. The third kappa shape index (κ3) is 5.84. The van der Waals surface area contributed by atoms with E-state index in [0.717, 1.165) is 78.9 Å². The van der Waals surface area contributed by atoms with Crippen molar-refractivity contribution in [1.82, 2.24) is 10.2 Å². The van der Waals surface area contributed by atoms with E-state index >= 15 is 0 Å². The van der Waals surface area contributed by atoms with Gasteiger partial charge in [-0.05, 0) is 86.0 Å². The number of amides is 2. The van der Waals surface area contributed by atoms with E-state index in [1.54, 1.807) is 0 Å². The smallest absolute Gasteiger partial charge is 0.319 e. The molecule has 5 atom stereocenters. The van der Waals surface area contributed by atoms with Crippen molar-refractivity contribution in [3.8, 4) is 0 Å². The van der Waals surface area contributed by atoms with Crippen LogP contribution in [0.25, 0.3) is 0 Å². The number of hydrogen-bond acceptors (Lipinski definition) is 6. The van der Waals surface area contributed by atoms with E-state index < -0.39 is 6.29 Å². The number of nitrogens with zero attached hydrogens (tertiary/aromatic N) is 1. The number of benzene rings is 2. The minimum Gasteiger partial charge on any atom is -0.392 e. The molecule has 226 valence electrons. The van der Waals surface area contributed by atoms with Gasteiger partial charge in [-0.2, -0.15) is 0 Å². The number of nitrogens with one attached hydrogen (secondary N) is 2. The summed E-state index contributed by atoms with van der Waals surface area (Å²) < 4.78 is 13.2. The monoisotopic (exact) mass is 575 g/mol. The lowest BCUT2D eigenvalue weighted by atomic mass is 9.53. The number of urea groups is 1. The van der Waals surface area contributed by atoms with Gasteiger partial charge in [0.05, 0.1) is 24.9 Å². The molecule has 4 saturated carbocycles. The Morgan fingerprint density at radius 2 is 1.60 bits per heavy atom. The second-order valence-electron chi connectivity index (χ2n) is 13.9. The molecular formula is C34H45N3O5. The highest BCUT2D eigenvalue weighted by molar-refractivity contribution is 5.89. The number of hydrogen-bond donors (Lipinski definition) is 4. The Balaban J connectivity index is 1.04. The van der Waals surface area contributed by atoms with Gasteiger partial charge in [-0.15, -0.1) is 0 Å². The first kappa shape index (κ1) is 28.3. The fourth-order valence-corrected chi connectivity index (χ4v) is 8.95. The SMILES string of the molecule is C[C@H]1[C@@H](CN2CC[C@H](O)C2)O[C@@H](c2ccc(NC(=O)NC34CC5CC(CC(C5)C3)C4)cc2)O[C@H]1c1ccc(CO)cc1. The Bertz CT molecular complexity index is 1220. The standard InChI is InChI=1S/C34H45N3O5/c1-21-30(19-37-11-10-29(39)18-37)41-32(42-31(21)26-4-2-22(20-38)3-5-26)27-6-8-28(9-7-27)35-33(40)36-34-15-23-12-24(16-34)14-25(13-23)17-34/h2-9,21,23-25,29-32,38-39H,10-20H2,1H3,(H2,35,36,40)/t21-,23?,24?,25?,29-,30+,31+,32+,34?/m0/s1. The highest BCUT2D eigenvalue weighted by Gasteiger charge is 2.51. The summed E-state index contributed by atoms with van der Waals surface area (Å²) in [4.78, 5) is 15.4. The molecular weight excluding hydrogens is 530 g/mol. The van der Waals surface area contributed by atoms with Crippen LogP contribution in [0.1, 0.15) is 81.0 Å². The lowest BCUT2D eigenvalue weighted by Gasteiger charge is -2.56. The number of carbonyl (C=O) groups is 1. The molecule has 0 radical (unpaired) electrons. The lowest BCUT2D eigenvalue weighted by Crippen LogP contribution is -2.60. The maximum absolute atomic E-state index is 13.1. The Hall–Kier alpha value is -2.49. The van der Waals surface area contributed by atoms with Gasteiger partial charge in [0, 0.05) is 42.3 Å². The average molecular weight is 576 g/mol. The van der Waals surface area contributed by atoms with Crippen molar-refractivity contribution in [3.63, 3.8) is 0 Å². The molecule has 2 aromatic rings. The van der Waals surface area contributed by atoms with Crippen molar-refractivity contribution >= 4 is 11.7 Å². The number of likely N-dealkylation sites (tertiary alicyclic amines) is 1. The quantitative estimate of drug-likeness (QED) is 0.365. The lowest BCUT2D eigenvalue weighted by molar-refractivity contribution is -0.276. The molecule has 2 saturated heterocycles. The van der Waals surface area contributed by atoms with Gasteiger partial charge in [0.15, 0.2) is 6.29 Å². The fourth-order valence-electron chi connectivity index (χ4n) is 8.95. The summed E-state index contributed by atoms with van der Waals surface area (Å²) in [5.41, 5.74) is 3.55. The number of aliphatic hydroxyl groups is 2. The van der Waals surface area contributed by atoms with Crippen LogP contribution in [0.15, 0.2) is 48.5 Å². The molecule has 2 amide bonds. The second-order valence-corrected chi connectivity index (χ2v) is 13.9. The first-order valence-corrected chi connectivity index (χ1v) is 15.9. The first-order valence-electron chi connectivity index (χ1n) is 15.9. The van der Waals surface area contributed by atoms with E-state index in [4.69, 9.17) is 9.47 Å². The Kier molecular flexibility index (Phi) is 7.78. The van der Waals surface area contributed by atoms with Crippen molar-refractivity contribution in [2.75, 3.05) is 25.0 Å². The maximum atomic E-state index is 13.1. The summed E-state index contributed by atoms with van der Waals surface area (Å²) in [6, 6.07) is 15.6. The molecule has 4 bridgehead atoms. The predicted molar refractivity (Wildman–Crippen MR) is 160 cm³/mol. The molecule has 8 heteroatoms. The number of β-amino-alcohol motifs (C(OH)–C–C–N with tert-alkyl or cyclic N) is 1. The van der Waals surface area contributed by atoms with Gasteiger partial charge in [-0.25, -0.2) is 4.79 Å². The Morgan fingerprint density at radius 3 is 2.19 bits per heavy atom. The van der Waals surface area contributed by atoms with Crippen LogP contribution in [0.4, 0.5) is 10.5 Å². The summed E-state index contributed by atoms with van der Waals surface area (Å²) in [5, 5.41) is 26.1. The van der Waals surface area contributed by atoms with Crippen LogP contribution < -0.4 is 10.6 Å². The molecule has 0 unspecified atom stereocenters. The van der Waals surface area contributed by atoms with Gasteiger partial charge in [0.25, 0.3) is 0 Å². The molecule has 42 heavy (non-hydrogen) atoms. The van der Waals surface area contributed by atoms with E-state index in [-0.39, 0.29) is 42.4 Å². The van der Waals surface area contributed by atoms with E-state index in [9.17, 15) is 15.0 Å². The summed E-state index contributed by atoms with van der Waals surface area (Å²) in [5.74, 6) is 2.44. The number of ether oxygens (including phenoxy) is 2. The second kappa shape index (κ2) is 11.5. The largest absolute Gasteiger partial charge is 0.392 e. The number of anilines is 1. The molecule has 4 N–H and O–H groups in total. The minimum atomic E-state index is -0.559. The molecule has 2 aromatic carbocycles. The van der Waals surface area contributed by atoms with E-state index in [2.05, 4.69) is 22.5 Å². The van der Waals surface area contributed by atoms with Crippen LogP contribution in [0.2, 0.25) is 0 Å². The molecule has 6 aliphatic rings. The van der Waals surface area contributed by atoms with Crippen LogP contribution in [0.5, 0.6) is 0 Å². The predicted octanol–water partition coefficient (Wildman–Crippen LogP) is 5.13. The van der Waals surface area contributed by atoms with E-state index in [1.807, 2.05) is 48.5 Å². The number of carbonyl (C=O) groups excluding carboxylic acids is 1. The van der Waals surface area contributed by atoms with Crippen LogP contribution >= 0.6 is 0 Å². The minimum absolute atomic E-state index is 0.00789. The van der Waals surface area contributed by atoms with Crippen molar-refractivity contribution < 1.29 is 24.5 Å². The van der Waals surface area contributed by atoms with Crippen LogP contribution in [-0.4, -0.2) is 58.5 Å². The summed E-state index contributed by atoms with van der Waals surface area (Å²) >= 11 is 0. The van der Waals surface area contributed by atoms with Crippen molar-refractivity contribution in [1.29, 1.82) is 0 Å². The van der Waals surface area contributed by atoms with E-state index in [1.165, 1.54) is 19.3 Å². The average Bonchev–Trinajstić information content (AvgIpc) is 3.38. The van der Waals surface area contributed by atoms with Gasteiger partial charge in [-0.1, -0.05) is 43.3 Å². The highest BCUT2D eigenvalue weighted by atomic mass is 16.7. The maximum Gasteiger partial charge on any atom is 0.319 e. The molecule has 6 fully saturated rings. The molecule has 2 heterocycles. The summed E-state index contributed by atoms with van der Waals surface area (Å²) in [7, 11) is 0. The first-order chi connectivity index (χ1) is 20.3. The van der Waals surface area contributed by atoms with Crippen LogP contribution in [-0.2, 0) is 16.1 Å². The van der Waals surface area contributed by atoms with Crippen molar-refractivity contribution in [2.45, 2.75) is 88.6 Å². The van der Waals surface area contributed by atoms with Gasteiger partial charge < -0.3 is 30.3 Å². The van der Waals surface area contributed by atoms with Crippen LogP contribution in [0, 0.1) is 23.7 Å². The molecule has 8 rings (SSSR count). The summed E-state index contributed by atoms with van der Waals surface area (Å²) in [6.07, 6.45) is 7.12. The number of rotatable bonds is 7.